The van der Waals surface area contributed by atoms with E-state index >= 15 is 0 Å². The Hall–Kier alpha value is 0. The molecule has 0 N–H and O–H groups in total. The summed E-state index contributed by atoms with van der Waals surface area (Å²) in [5.74, 6) is 3.05. The second-order valence-electron chi connectivity index (χ2n) is 5.19. The Bertz CT molecular complexity index is 132. The van der Waals surface area contributed by atoms with Crippen LogP contribution in [0.25, 0.3) is 0 Å². The van der Waals surface area contributed by atoms with Gasteiger partial charge in [-0.2, -0.15) is 0 Å². The number of rotatable bonds is 3. The van der Waals surface area contributed by atoms with Gasteiger partial charge in [0.15, 0.2) is 0 Å². The third-order valence-corrected chi connectivity index (χ3v) is 3.16. The summed E-state index contributed by atoms with van der Waals surface area (Å²) in [7, 11) is 0. The molecule has 1 radical (unpaired) electrons. The first-order chi connectivity index (χ1) is 5.09. The van der Waals surface area contributed by atoms with Crippen LogP contribution in [-0.4, -0.2) is 0 Å². The minimum Gasteiger partial charge on any atom is -0.0596 e. The topological polar surface area (TPSA) is 0 Å². The third-order valence-electron chi connectivity index (χ3n) is 3.16. The molecule has 0 aromatic heterocycles. The largest absolute Gasteiger partial charge is 0.0596 e. The molecule has 0 aromatic rings. The Labute approximate surface area is 70.4 Å². The molecule has 0 nitrogen and oxygen atoms in total. The predicted molar refractivity (Wildman–Crippen MR) is 48.1 cm³/mol. The predicted octanol–water partition coefficient (Wildman–Crippen LogP) is 3.28. The molecule has 0 saturated heterocycles. The van der Waals surface area contributed by atoms with E-state index in [9.17, 15) is 0 Å². The van der Waals surface area contributed by atoms with Crippen molar-refractivity contribution in [3.8, 4) is 0 Å². The first kappa shape index (κ1) is 7.64. The molecule has 2 aliphatic rings. The van der Waals surface area contributed by atoms with Crippen molar-refractivity contribution in [2.24, 2.45) is 23.2 Å². The molecular formula is C11H19. The van der Waals surface area contributed by atoms with Crippen LogP contribution in [0.15, 0.2) is 0 Å². The Morgan fingerprint density at radius 1 is 1.09 bits per heavy atom. The van der Waals surface area contributed by atoms with Crippen LogP contribution in [0.2, 0.25) is 0 Å². The zero-order chi connectivity index (χ0) is 8.06. The fraction of sp³-hybridized carbons (Fsp3) is 0.909. The van der Waals surface area contributed by atoms with Crippen molar-refractivity contribution < 1.29 is 0 Å². The van der Waals surface area contributed by atoms with Gasteiger partial charge in [-0.3, -0.25) is 0 Å². The average molecular weight is 151 g/mol. The van der Waals surface area contributed by atoms with E-state index in [1.807, 2.05) is 0 Å². The molecule has 0 aromatic carbocycles. The quantitative estimate of drug-likeness (QED) is 0.580. The van der Waals surface area contributed by atoms with Crippen LogP contribution >= 0.6 is 0 Å². The number of hydrogen-bond donors (Lipinski definition) is 0. The molecule has 0 bridgehead atoms. The minimum atomic E-state index is 0.336. The van der Waals surface area contributed by atoms with E-state index in [-0.39, 0.29) is 0 Å². The van der Waals surface area contributed by atoms with Crippen molar-refractivity contribution in [2.75, 3.05) is 0 Å². The van der Waals surface area contributed by atoms with Crippen LogP contribution in [0.5, 0.6) is 0 Å². The summed E-state index contributed by atoms with van der Waals surface area (Å²) in [5, 5.41) is 0. The van der Waals surface area contributed by atoms with Gasteiger partial charge in [0.2, 0.25) is 0 Å². The molecule has 2 fully saturated rings. The molecule has 0 atom stereocenters. The molecule has 63 valence electrons. The van der Waals surface area contributed by atoms with Crippen LogP contribution < -0.4 is 0 Å². The lowest BCUT2D eigenvalue weighted by Gasteiger charge is -2.30. The molecule has 0 heterocycles. The molecule has 0 spiro atoms. The summed E-state index contributed by atoms with van der Waals surface area (Å²) >= 11 is 0. The maximum absolute atomic E-state index is 4.29. The smallest absolute Gasteiger partial charge is 0.0306 e. The van der Waals surface area contributed by atoms with E-state index in [1.165, 1.54) is 25.7 Å². The van der Waals surface area contributed by atoms with Crippen molar-refractivity contribution >= 4 is 0 Å². The second kappa shape index (κ2) is 2.24. The van der Waals surface area contributed by atoms with Gasteiger partial charge < -0.3 is 0 Å². The third kappa shape index (κ3) is 1.60. The van der Waals surface area contributed by atoms with E-state index in [1.54, 1.807) is 0 Å². The molecule has 2 saturated carbocycles. The van der Waals surface area contributed by atoms with Crippen LogP contribution in [0.3, 0.4) is 0 Å². The molecule has 0 aliphatic heterocycles. The van der Waals surface area contributed by atoms with Gasteiger partial charge in [0, 0.05) is 0 Å². The van der Waals surface area contributed by atoms with Crippen molar-refractivity contribution in [1.29, 1.82) is 0 Å². The molecule has 2 rings (SSSR count). The van der Waals surface area contributed by atoms with E-state index in [0.717, 1.165) is 17.8 Å². The lowest BCUT2D eigenvalue weighted by molar-refractivity contribution is 0.213. The summed E-state index contributed by atoms with van der Waals surface area (Å²) in [4.78, 5) is 0. The fourth-order valence-corrected chi connectivity index (χ4v) is 2.57. The summed E-state index contributed by atoms with van der Waals surface area (Å²) in [6.07, 6.45) is 5.94. The summed E-state index contributed by atoms with van der Waals surface area (Å²) in [5.41, 5.74) is 0.336. The van der Waals surface area contributed by atoms with Crippen LogP contribution in [-0.2, 0) is 0 Å². The van der Waals surface area contributed by atoms with Gasteiger partial charge in [-0.15, -0.1) is 0 Å². The highest BCUT2D eigenvalue weighted by Gasteiger charge is 2.46. The Morgan fingerprint density at radius 3 is 1.64 bits per heavy atom. The van der Waals surface area contributed by atoms with Gasteiger partial charge in [0.25, 0.3) is 0 Å². The van der Waals surface area contributed by atoms with Crippen molar-refractivity contribution in [3.63, 3.8) is 0 Å². The monoisotopic (exact) mass is 151 g/mol. The first-order valence-electron chi connectivity index (χ1n) is 4.94. The van der Waals surface area contributed by atoms with Gasteiger partial charge in [-0.05, 0) is 55.8 Å². The van der Waals surface area contributed by atoms with E-state index in [0.29, 0.717) is 5.41 Å². The standard InChI is InChI=1S/C11H19/c1-11(2,3)10(8-4-5-8)9-6-7-9/h8-10H,1,4-7H2,2-3H3. The fourth-order valence-electron chi connectivity index (χ4n) is 2.57. The zero-order valence-electron chi connectivity index (χ0n) is 7.77. The average Bonchev–Trinajstić information content (AvgIpc) is 2.50. The van der Waals surface area contributed by atoms with Gasteiger partial charge in [-0.25, -0.2) is 0 Å². The van der Waals surface area contributed by atoms with E-state index < -0.39 is 0 Å². The summed E-state index contributed by atoms with van der Waals surface area (Å²) in [6, 6.07) is 0. The van der Waals surface area contributed by atoms with Gasteiger partial charge in [0.05, 0.1) is 0 Å². The van der Waals surface area contributed by atoms with Crippen LogP contribution in [0.4, 0.5) is 0 Å². The van der Waals surface area contributed by atoms with Crippen LogP contribution in [0.1, 0.15) is 39.5 Å². The SMILES string of the molecule is [CH2]C(C)(C)C(C1CC1)C1CC1. The number of hydrogen-bond acceptors (Lipinski definition) is 0. The molecule has 11 heavy (non-hydrogen) atoms. The highest BCUT2D eigenvalue weighted by atomic mass is 14.5. The molecular weight excluding hydrogens is 132 g/mol. The maximum atomic E-state index is 4.29. The van der Waals surface area contributed by atoms with Crippen molar-refractivity contribution in [1.82, 2.24) is 0 Å². The summed E-state index contributed by atoms with van der Waals surface area (Å²) in [6.45, 7) is 8.92. The van der Waals surface area contributed by atoms with Gasteiger partial charge in [-0.1, -0.05) is 13.8 Å². The molecule has 0 amide bonds. The van der Waals surface area contributed by atoms with Gasteiger partial charge >= 0.3 is 0 Å². The summed E-state index contributed by atoms with van der Waals surface area (Å²) < 4.78 is 0. The lowest BCUT2D eigenvalue weighted by atomic mass is 9.75. The van der Waals surface area contributed by atoms with E-state index in [4.69, 9.17) is 0 Å². The van der Waals surface area contributed by atoms with Crippen molar-refractivity contribution in [2.45, 2.75) is 39.5 Å². The lowest BCUT2D eigenvalue weighted by Crippen LogP contribution is -2.24. The normalized spacial score (nSPS) is 26.2. The maximum Gasteiger partial charge on any atom is -0.0306 e. The minimum absolute atomic E-state index is 0.336. The Morgan fingerprint density at radius 2 is 1.45 bits per heavy atom. The second-order valence-corrected chi connectivity index (χ2v) is 5.19. The highest BCUT2D eigenvalue weighted by molar-refractivity contribution is 4.98. The Kier molecular flexibility index (Phi) is 1.56. The van der Waals surface area contributed by atoms with Gasteiger partial charge in [0.1, 0.15) is 0 Å². The van der Waals surface area contributed by atoms with Crippen LogP contribution in [0, 0.1) is 30.1 Å². The first-order valence-corrected chi connectivity index (χ1v) is 4.94. The molecule has 2 aliphatic carbocycles. The van der Waals surface area contributed by atoms with Crippen molar-refractivity contribution in [3.05, 3.63) is 6.92 Å². The van der Waals surface area contributed by atoms with E-state index in [2.05, 4.69) is 20.8 Å². The highest BCUT2D eigenvalue weighted by Crippen LogP contribution is 2.55. The molecule has 0 heteroatoms. The Balaban J connectivity index is 2.02. The zero-order valence-corrected chi connectivity index (χ0v) is 7.77. The molecule has 0 unspecified atom stereocenters.